The minimum atomic E-state index is -0.308. The van der Waals surface area contributed by atoms with Gasteiger partial charge in [0.05, 0.1) is 0 Å². The van der Waals surface area contributed by atoms with Gasteiger partial charge in [0, 0.05) is 30.9 Å². The van der Waals surface area contributed by atoms with Gasteiger partial charge in [-0.25, -0.2) is 0 Å². The molecule has 2 heterocycles. The normalized spacial score (nSPS) is 21.2. The number of halogens is 1. The first-order chi connectivity index (χ1) is 9.83. The maximum absolute atomic E-state index is 12.1. The average molecular weight is 313 g/mol. The van der Waals surface area contributed by atoms with Gasteiger partial charge >= 0.3 is 0 Å². The first kappa shape index (κ1) is 16.1. The van der Waals surface area contributed by atoms with Crippen molar-refractivity contribution in [3.8, 4) is 5.75 Å². The quantitative estimate of drug-likeness (QED) is 0.878. The zero-order valence-corrected chi connectivity index (χ0v) is 12.7. The molecular formula is C15H21ClN2O3. The number of hydrogen-bond donors (Lipinski definition) is 2. The van der Waals surface area contributed by atoms with Crippen LogP contribution >= 0.6 is 12.4 Å². The van der Waals surface area contributed by atoms with Crippen LogP contribution in [-0.2, 0) is 16.1 Å². The molecule has 0 spiro atoms. The lowest BCUT2D eigenvalue weighted by atomic mass is 10.1. The standard InChI is InChI=1S/C15H20N2O3.ClH/c18-15(14-3-1-2-7-19-14)17-12-4-5-13-11(9-12)10-16-6-8-20-13;/h4-5,9,14,16H,1-3,6-8,10H2,(H,17,18);1H. The minimum Gasteiger partial charge on any atom is -0.492 e. The molecule has 1 amide bonds. The third-order valence-electron chi connectivity index (χ3n) is 3.65. The van der Waals surface area contributed by atoms with Gasteiger partial charge in [0.25, 0.3) is 5.91 Å². The van der Waals surface area contributed by atoms with Gasteiger partial charge in [0.15, 0.2) is 0 Å². The molecule has 116 valence electrons. The zero-order chi connectivity index (χ0) is 13.8. The van der Waals surface area contributed by atoms with Crippen LogP contribution in [0.15, 0.2) is 18.2 Å². The Labute approximate surface area is 130 Å². The van der Waals surface area contributed by atoms with E-state index in [4.69, 9.17) is 9.47 Å². The van der Waals surface area contributed by atoms with Crippen LogP contribution in [0.3, 0.4) is 0 Å². The molecule has 0 saturated carbocycles. The lowest BCUT2D eigenvalue weighted by Crippen LogP contribution is -2.33. The van der Waals surface area contributed by atoms with Crippen LogP contribution in [0.4, 0.5) is 5.69 Å². The van der Waals surface area contributed by atoms with Crippen molar-refractivity contribution in [1.82, 2.24) is 5.32 Å². The monoisotopic (exact) mass is 312 g/mol. The van der Waals surface area contributed by atoms with Gasteiger partial charge in [-0.05, 0) is 37.5 Å². The molecule has 5 nitrogen and oxygen atoms in total. The predicted octanol–water partition coefficient (Wildman–Crippen LogP) is 2.10. The molecule has 2 aliphatic rings. The first-order valence-corrected chi connectivity index (χ1v) is 7.22. The van der Waals surface area contributed by atoms with Crippen LogP contribution in [-0.4, -0.2) is 31.8 Å². The highest BCUT2D eigenvalue weighted by Gasteiger charge is 2.22. The Morgan fingerprint density at radius 3 is 3.00 bits per heavy atom. The SMILES string of the molecule is Cl.O=C(Nc1ccc2c(c1)CNCCO2)C1CCCCO1. The molecule has 0 radical (unpaired) electrons. The van der Waals surface area contributed by atoms with Crippen molar-refractivity contribution < 1.29 is 14.3 Å². The van der Waals surface area contributed by atoms with E-state index in [0.717, 1.165) is 49.4 Å². The summed E-state index contributed by atoms with van der Waals surface area (Å²) in [5.41, 5.74) is 1.88. The molecule has 0 aliphatic carbocycles. The number of carbonyl (C=O) groups is 1. The van der Waals surface area contributed by atoms with Crippen molar-refractivity contribution in [1.29, 1.82) is 0 Å². The fraction of sp³-hybridized carbons (Fsp3) is 0.533. The number of hydrogen-bond acceptors (Lipinski definition) is 4. The molecule has 2 aliphatic heterocycles. The van der Waals surface area contributed by atoms with Crippen molar-refractivity contribution in [2.75, 3.05) is 25.1 Å². The van der Waals surface area contributed by atoms with E-state index < -0.39 is 0 Å². The Kier molecular flexibility index (Phi) is 5.85. The molecule has 3 rings (SSSR count). The Hall–Kier alpha value is -1.30. The van der Waals surface area contributed by atoms with Crippen LogP contribution in [0.25, 0.3) is 0 Å². The maximum atomic E-state index is 12.1. The van der Waals surface area contributed by atoms with Crippen molar-refractivity contribution in [2.24, 2.45) is 0 Å². The van der Waals surface area contributed by atoms with Gasteiger partial charge in [-0.3, -0.25) is 4.79 Å². The van der Waals surface area contributed by atoms with Crippen molar-refractivity contribution in [2.45, 2.75) is 31.9 Å². The van der Waals surface area contributed by atoms with Crippen LogP contribution in [0.5, 0.6) is 5.75 Å². The van der Waals surface area contributed by atoms with E-state index >= 15 is 0 Å². The molecule has 1 saturated heterocycles. The number of amides is 1. The number of rotatable bonds is 2. The number of fused-ring (bicyclic) bond motifs is 1. The third kappa shape index (κ3) is 4.09. The summed E-state index contributed by atoms with van der Waals surface area (Å²) in [6, 6.07) is 5.76. The van der Waals surface area contributed by atoms with E-state index in [2.05, 4.69) is 10.6 Å². The molecule has 2 N–H and O–H groups in total. The Bertz CT molecular complexity index is 490. The largest absolute Gasteiger partial charge is 0.492 e. The maximum Gasteiger partial charge on any atom is 0.253 e. The van der Waals surface area contributed by atoms with Crippen LogP contribution in [0, 0.1) is 0 Å². The summed E-state index contributed by atoms with van der Waals surface area (Å²) in [6.07, 6.45) is 2.60. The molecule has 1 aromatic rings. The van der Waals surface area contributed by atoms with E-state index in [1.54, 1.807) is 0 Å². The van der Waals surface area contributed by atoms with Crippen molar-refractivity contribution >= 4 is 24.0 Å². The summed E-state index contributed by atoms with van der Waals surface area (Å²) in [5, 5.41) is 6.22. The average Bonchev–Trinajstić information content (AvgIpc) is 2.73. The molecule has 21 heavy (non-hydrogen) atoms. The summed E-state index contributed by atoms with van der Waals surface area (Å²) in [5.74, 6) is 0.842. The Balaban J connectivity index is 0.00000161. The third-order valence-corrected chi connectivity index (χ3v) is 3.65. The highest BCUT2D eigenvalue weighted by atomic mass is 35.5. The van der Waals surface area contributed by atoms with E-state index in [9.17, 15) is 4.79 Å². The minimum absolute atomic E-state index is 0. The van der Waals surface area contributed by atoms with E-state index in [-0.39, 0.29) is 24.4 Å². The summed E-state index contributed by atoms with van der Waals surface area (Å²) in [6.45, 7) is 2.96. The zero-order valence-electron chi connectivity index (χ0n) is 11.9. The predicted molar refractivity (Wildman–Crippen MR) is 83.1 cm³/mol. The highest BCUT2D eigenvalue weighted by molar-refractivity contribution is 5.94. The van der Waals surface area contributed by atoms with Gasteiger partial charge in [0.1, 0.15) is 18.5 Å². The summed E-state index contributed by atoms with van der Waals surface area (Å²) < 4.78 is 11.1. The fourth-order valence-electron chi connectivity index (χ4n) is 2.56. The molecule has 1 aromatic carbocycles. The summed E-state index contributed by atoms with van der Waals surface area (Å²) >= 11 is 0. The molecule has 6 heteroatoms. The Morgan fingerprint density at radius 2 is 2.19 bits per heavy atom. The van der Waals surface area contributed by atoms with Crippen molar-refractivity contribution in [3.63, 3.8) is 0 Å². The second-order valence-corrected chi connectivity index (χ2v) is 5.19. The molecule has 1 atom stereocenters. The number of nitrogens with one attached hydrogen (secondary N) is 2. The van der Waals surface area contributed by atoms with Crippen LogP contribution in [0.2, 0.25) is 0 Å². The van der Waals surface area contributed by atoms with Gasteiger partial charge in [-0.15, -0.1) is 12.4 Å². The van der Waals surface area contributed by atoms with E-state index in [0.29, 0.717) is 13.2 Å². The van der Waals surface area contributed by atoms with Crippen LogP contribution < -0.4 is 15.4 Å². The van der Waals surface area contributed by atoms with E-state index in [1.165, 1.54) is 0 Å². The molecule has 0 bridgehead atoms. The van der Waals surface area contributed by atoms with Gasteiger partial charge in [0.2, 0.25) is 0 Å². The summed E-state index contributed by atoms with van der Waals surface area (Å²) in [4.78, 5) is 12.1. The lowest BCUT2D eigenvalue weighted by molar-refractivity contribution is -0.129. The lowest BCUT2D eigenvalue weighted by Gasteiger charge is -2.21. The molecule has 0 aromatic heterocycles. The highest BCUT2D eigenvalue weighted by Crippen LogP contribution is 2.24. The van der Waals surface area contributed by atoms with Crippen LogP contribution in [0.1, 0.15) is 24.8 Å². The van der Waals surface area contributed by atoms with Gasteiger partial charge < -0.3 is 20.1 Å². The fourth-order valence-corrected chi connectivity index (χ4v) is 2.56. The van der Waals surface area contributed by atoms with Gasteiger partial charge in [-0.2, -0.15) is 0 Å². The molecular weight excluding hydrogens is 292 g/mol. The Morgan fingerprint density at radius 1 is 1.29 bits per heavy atom. The number of carbonyl (C=O) groups excluding carboxylic acids is 1. The smallest absolute Gasteiger partial charge is 0.253 e. The first-order valence-electron chi connectivity index (χ1n) is 7.22. The second kappa shape index (κ2) is 7.64. The molecule has 1 fully saturated rings. The number of anilines is 1. The number of ether oxygens (including phenoxy) is 2. The second-order valence-electron chi connectivity index (χ2n) is 5.19. The van der Waals surface area contributed by atoms with E-state index in [1.807, 2.05) is 18.2 Å². The number of benzene rings is 1. The topological polar surface area (TPSA) is 59.6 Å². The molecule has 1 unspecified atom stereocenters. The van der Waals surface area contributed by atoms with Gasteiger partial charge in [-0.1, -0.05) is 0 Å². The summed E-state index contributed by atoms with van der Waals surface area (Å²) in [7, 11) is 0. The van der Waals surface area contributed by atoms with Crippen molar-refractivity contribution in [3.05, 3.63) is 23.8 Å².